The van der Waals surface area contributed by atoms with Crippen molar-refractivity contribution in [2.75, 3.05) is 0 Å². The van der Waals surface area contributed by atoms with Crippen LogP contribution in [0.2, 0.25) is 5.02 Å². The Morgan fingerprint density at radius 1 is 1.36 bits per heavy atom. The second-order valence-electron chi connectivity index (χ2n) is 2.63. The van der Waals surface area contributed by atoms with Gasteiger partial charge >= 0.3 is 5.51 Å². The van der Waals surface area contributed by atoms with Gasteiger partial charge in [0.2, 0.25) is 0 Å². The van der Waals surface area contributed by atoms with Crippen LogP contribution in [0.4, 0.5) is 13.2 Å². The van der Waals surface area contributed by atoms with Gasteiger partial charge in [-0.1, -0.05) is 30.7 Å². The molecule has 0 saturated heterocycles. The van der Waals surface area contributed by atoms with Gasteiger partial charge in [-0.2, -0.15) is 13.2 Å². The van der Waals surface area contributed by atoms with Crippen molar-refractivity contribution in [1.29, 1.82) is 0 Å². The van der Waals surface area contributed by atoms with Crippen molar-refractivity contribution in [3.05, 3.63) is 28.8 Å². The first kappa shape index (κ1) is 11.7. The highest BCUT2D eigenvalue weighted by molar-refractivity contribution is 8.00. The van der Waals surface area contributed by atoms with Crippen LogP contribution in [-0.4, -0.2) is 5.51 Å². The van der Waals surface area contributed by atoms with E-state index in [1.165, 1.54) is 6.07 Å². The molecule has 0 amide bonds. The number of benzene rings is 1. The summed E-state index contributed by atoms with van der Waals surface area (Å²) in [6.45, 7) is 1.80. The van der Waals surface area contributed by atoms with Crippen LogP contribution in [0.15, 0.2) is 23.1 Å². The average molecular weight is 241 g/mol. The summed E-state index contributed by atoms with van der Waals surface area (Å²) in [7, 11) is 0. The van der Waals surface area contributed by atoms with E-state index in [0.717, 1.165) is 0 Å². The van der Waals surface area contributed by atoms with E-state index in [-0.39, 0.29) is 21.7 Å². The third-order valence-electron chi connectivity index (χ3n) is 1.65. The number of hydrogen-bond donors (Lipinski definition) is 0. The molecule has 0 nitrogen and oxygen atoms in total. The van der Waals surface area contributed by atoms with Crippen LogP contribution in [0, 0.1) is 0 Å². The summed E-state index contributed by atoms with van der Waals surface area (Å²) in [6, 6.07) is 4.77. The predicted octanol–water partition coefficient (Wildman–Crippen LogP) is 4.51. The summed E-state index contributed by atoms with van der Waals surface area (Å²) in [5.41, 5.74) is -3.66. The zero-order valence-corrected chi connectivity index (χ0v) is 8.93. The van der Waals surface area contributed by atoms with Gasteiger partial charge in [-0.3, -0.25) is 0 Å². The van der Waals surface area contributed by atoms with Crippen molar-refractivity contribution < 1.29 is 13.2 Å². The first-order valence-electron chi connectivity index (χ1n) is 3.97. The van der Waals surface area contributed by atoms with Crippen LogP contribution in [0.3, 0.4) is 0 Å². The summed E-state index contributed by atoms with van der Waals surface area (Å²) in [4.78, 5) is 0.115. The lowest BCUT2D eigenvalue weighted by molar-refractivity contribution is -0.0328. The molecule has 0 aliphatic carbocycles. The van der Waals surface area contributed by atoms with Crippen LogP contribution < -0.4 is 0 Å². The maximum atomic E-state index is 12.1. The van der Waals surface area contributed by atoms with Crippen molar-refractivity contribution in [3.63, 3.8) is 0 Å². The third-order valence-corrected chi connectivity index (χ3v) is 2.99. The molecule has 0 aliphatic heterocycles. The monoisotopic (exact) mass is 240 g/mol. The van der Waals surface area contributed by atoms with Gasteiger partial charge in [-0.05, 0) is 29.8 Å². The van der Waals surface area contributed by atoms with Crippen LogP contribution in [0.5, 0.6) is 0 Å². The third kappa shape index (κ3) is 3.10. The molecule has 78 valence electrons. The Morgan fingerprint density at radius 3 is 2.50 bits per heavy atom. The van der Waals surface area contributed by atoms with Gasteiger partial charge in [0.15, 0.2) is 0 Å². The molecule has 0 fully saturated rings. The second-order valence-corrected chi connectivity index (χ2v) is 4.11. The van der Waals surface area contributed by atoms with E-state index in [0.29, 0.717) is 12.0 Å². The number of hydrogen-bond acceptors (Lipinski definition) is 1. The highest BCUT2D eigenvalue weighted by Crippen LogP contribution is 2.42. The molecular formula is C9H8ClF3S. The van der Waals surface area contributed by atoms with Crippen molar-refractivity contribution in [1.82, 2.24) is 0 Å². The summed E-state index contributed by atoms with van der Waals surface area (Å²) >= 11 is 5.54. The van der Waals surface area contributed by atoms with Crippen LogP contribution in [-0.2, 0) is 6.42 Å². The molecular weight excluding hydrogens is 233 g/mol. The molecule has 14 heavy (non-hydrogen) atoms. The van der Waals surface area contributed by atoms with Crippen molar-refractivity contribution >= 4 is 23.4 Å². The SMILES string of the molecule is CCc1cccc(Cl)c1SC(F)(F)F. The highest BCUT2D eigenvalue weighted by atomic mass is 35.5. The average Bonchev–Trinajstić information content (AvgIpc) is 2.06. The molecule has 1 rings (SSSR count). The van der Waals surface area contributed by atoms with Crippen molar-refractivity contribution in [2.24, 2.45) is 0 Å². The zero-order valence-electron chi connectivity index (χ0n) is 7.36. The first-order valence-corrected chi connectivity index (χ1v) is 5.16. The van der Waals surface area contributed by atoms with Gasteiger partial charge in [-0.15, -0.1) is 0 Å². The Hall–Kier alpha value is -0.350. The molecule has 0 spiro atoms. The maximum absolute atomic E-state index is 12.1. The lowest BCUT2D eigenvalue weighted by atomic mass is 10.2. The van der Waals surface area contributed by atoms with Gasteiger partial charge < -0.3 is 0 Å². The Balaban J connectivity index is 3.05. The Bertz CT molecular complexity index is 322. The largest absolute Gasteiger partial charge is 0.446 e. The van der Waals surface area contributed by atoms with Gasteiger partial charge in [-0.25, -0.2) is 0 Å². The molecule has 0 N–H and O–H groups in total. The molecule has 0 aromatic heterocycles. The van der Waals surface area contributed by atoms with E-state index < -0.39 is 5.51 Å². The number of alkyl halides is 3. The second kappa shape index (κ2) is 4.45. The lowest BCUT2D eigenvalue weighted by Crippen LogP contribution is -2.01. The standard InChI is InChI=1S/C9H8ClF3S/c1-2-6-4-3-5-7(10)8(6)14-9(11,12)13/h3-5H,2H2,1H3. The minimum Gasteiger partial charge on any atom is -0.160 e. The molecule has 0 aliphatic rings. The molecule has 0 atom stereocenters. The highest BCUT2D eigenvalue weighted by Gasteiger charge is 2.31. The first-order chi connectivity index (χ1) is 6.44. The molecule has 0 saturated carbocycles. The van der Waals surface area contributed by atoms with Gasteiger partial charge in [0.05, 0.1) is 5.02 Å². The summed E-state index contributed by atoms with van der Waals surface area (Å²) in [6.07, 6.45) is 0.541. The summed E-state index contributed by atoms with van der Waals surface area (Å²) in [5, 5.41) is 0.159. The van der Waals surface area contributed by atoms with E-state index in [9.17, 15) is 13.2 Å². The number of aryl methyl sites for hydroxylation is 1. The predicted molar refractivity (Wildman–Crippen MR) is 52.7 cm³/mol. The maximum Gasteiger partial charge on any atom is 0.446 e. The normalized spacial score (nSPS) is 11.8. The Labute approximate surface area is 89.4 Å². The quantitative estimate of drug-likeness (QED) is 0.685. The van der Waals surface area contributed by atoms with E-state index in [1.807, 2.05) is 0 Å². The van der Waals surface area contributed by atoms with E-state index in [1.54, 1.807) is 19.1 Å². The molecule has 1 aromatic rings. The topological polar surface area (TPSA) is 0 Å². The fourth-order valence-corrected chi connectivity index (χ4v) is 2.11. The smallest absolute Gasteiger partial charge is 0.160 e. The summed E-state index contributed by atoms with van der Waals surface area (Å²) in [5.74, 6) is 0. The van der Waals surface area contributed by atoms with Crippen LogP contribution in [0.1, 0.15) is 12.5 Å². The molecule has 5 heteroatoms. The molecule has 0 radical (unpaired) electrons. The van der Waals surface area contributed by atoms with Gasteiger partial charge in [0.25, 0.3) is 0 Å². The van der Waals surface area contributed by atoms with E-state index in [2.05, 4.69) is 0 Å². The lowest BCUT2D eigenvalue weighted by Gasteiger charge is -2.11. The Kier molecular flexibility index (Phi) is 3.72. The molecule has 1 aromatic carbocycles. The molecule has 0 heterocycles. The molecule has 0 bridgehead atoms. The minimum atomic E-state index is -4.28. The fraction of sp³-hybridized carbons (Fsp3) is 0.333. The van der Waals surface area contributed by atoms with Crippen LogP contribution in [0.25, 0.3) is 0 Å². The number of thioether (sulfide) groups is 1. The minimum absolute atomic E-state index is 0.115. The number of rotatable bonds is 2. The van der Waals surface area contributed by atoms with Gasteiger partial charge in [0.1, 0.15) is 0 Å². The summed E-state index contributed by atoms with van der Waals surface area (Å²) < 4.78 is 36.4. The van der Waals surface area contributed by atoms with E-state index >= 15 is 0 Å². The fourth-order valence-electron chi connectivity index (χ4n) is 1.06. The van der Waals surface area contributed by atoms with Crippen LogP contribution >= 0.6 is 23.4 Å². The molecule has 0 unspecified atom stereocenters. The zero-order chi connectivity index (χ0) is 10.8. The number of halogens is 4. The van der Waals surface area contributed by atoms with Gasteiger partial charge in [0, 0.05) is 4.90 Å². The van der Waals surface area contributed by atoms with Crippen molar-refractivity contribution in [2.45, 2.75) is 23.7 Å². The van der Waals surface area contributed by atoms with Crippen molar-refractivity contribution in [3.8, 4) is 0 Å². The van der Waals surface area contributed by atoms with E-state index in [4.69, 9.17) is 11.6 Å². The Morgan fingerprint density at radius 2 is 2.00 bits per heavy atom.